The van der Waals surface area contributed by atoms with Crippen LogP contribution < -0.4 is 5.73 Å². The lowest BCUT2D eigenvalue weighted by atomic mass is 10.1. The number of nitrogens with zero attached hydrogens (tertiary/aromatic N) is 1. The lowest BCUT2D eigenvalue weighted by molar-refractivity contribution is 0.675. The molecule has 0 saturated carbocycles. The number of thiazole rings is 1. The molecule has 0 amide bonds. The Balaban J connectivity index is 1.98. The van der Waals surface area contributed by atoms with Crippen LogP contribution in [-0.2, 0) is 6.42 Å². The summed E-state index contributed by atoms with van der Waals surface area (Å²) in [4.78, 5) is 6.22. The second kappa shape index (κ2) is 4.24. The van der Waals surface area contributed by atoms with Crippen molar-refractivity contribution in [1.82, 2.24) is 4.98 Å². The van der Waals surface area contributed by atoms with E-state index >= 15 is 0 Å². The highest BCUT2D eigenvalue weighted by atomic mass is 32.1. The van der Waals surface area contributed by atoms with Crippen LogP contribution in [0.3, 0.4) is 0 Å². The molecule has 1 aliphatic carbocycles. The molecule has 3 rings (SSSR count). The number of rotatable bonds is 2. The number of aryl methyl sites for hydroxylation is 2. The van der Waals surface area contributed by atoms with Crippen LogP contribution in [-0.4, -0.2) is 11.5 Å². The molecule has 1 atom stereocenters. The first kappa shape index (κ1) is 10.9. The van der Waals surface area contributed by atoms with Gasteiger partial charge in [-0.25, -0.2) is 4.98 Å². The maximum atomic E-state index is 5.78. The summed E-state index contributed by atoms with van der Waals surface area (Å²) in [6, 6.07) is 8.59. The molecule has 2 N–H and O–H groups in total. The second-order valence-corrected chi connectivity index (χ2v) is 5.75. The zero-order valence-electron chi connectivity index (χ0n) is 9.94. The van der Waals surface area contributed by atoms with Gasteiger partial charge in [-0.2, -0.15) is 0 Å². The first-order valence-corrected chi connectivity index (χ1v) is 6.86. The van der Waals surface area contributed by atoms with Gasteiger partial charge in [0.1, 0.15) is 5.01 Å². The van der Waals surface area contributed by atoms with Crippen LogP contribution in [0.2, 0.25) is 0 Å². The molecule has 0 spiro atoms. The van der Waals surface area contributed by atoms with E-state index in [4.69, 9.17) is 10.7 Å². The Hall–Kier alpha value is -1.19. The van der Waals surface area contributed by atoms with Crippen molar-refractivity contribution in [3.8, 4) is 10.6 Å². The van der Waals surface area contributed by atoms with Crippen molar-refractivity contribution in [3.63, 3.8) is 0 Å². The van der Waals surface area contributed by atoms with Crippen molar-refractivity contribution in [1.29, 1.82) is 0 Å². The summed E-state index contributed by atoms with van der Waals surface area (Å²) in [5, 5.41) is 1.15. The molecule has 2 aromatic rings. The number of benzene rings is 1. The molecule has 0 radical (unpaired) electrons. The summed E-state index contributed by atoms with van der Waals surface area (Å²) in [6.07, 6.45) is 2.33. The Labute approximate surface area is 106 Å². The lowest BCUT2D eigenvalue weighted by Crippen LogP contribution is -2.09. The van der Waals surface area contributed by atoms with Crippen molar-refractivity contribution < 1.29 is 0 Å². The van der Waals surface area contributed by atoms with Gasteiger partial charge in [0.25, 0.3) is 0 Å². The standard InChI is InChI=1S/C14H16N2S/c1-9-2-4-10(5-3-9)14-16-13-11(8-15)6-7-12(13)17-14/h2-5,11H,6-8,15H2,1H3. The predicted molar refractivity (Wildman–Crippen MR) is 72.4 cm³/mol. The molecule has 1 unspecified atom stereocenters. The third-order valence-electron chi connectivity index (χ3n) is 3.42. The number of nitrogens with two attached hydrogens (primary N) is 1. The summed E-state index contributed by atoms with van der Waals surface area (Å²) in [5.74, 6) is 0.487. The fraction of sp³-hybridized carbons (Fsp3) is 0.357. The molecule has 0 bridgehead atoms. The molecule has 2 nitrogen and oxygen atoms in total. The monoisotopic (exact) mass is 244 g/mol. The number of hydrogen-bond donors (Lipinski definition) is 1. The van der Waals surface area contributed by atoms with Gasteiger partial charge in [0, 0.05) is 22.9 Å². The second-order valence-electron chi connectivity index (χ2n) is 4.66. The smallest absolute Gasteiger partial charge is 0.123 e. The van der Waals surface area contributed by atoms with Gasteiger partial charge >= 0.3 is 0 Å². The number of fused-ring (bicyclic) bond motifs is 1. The predicted octanol–water partition coefficient (Wildman–Crippen LogP) is 3.11. The van der Waals surface area contributed by atoms with Gasteiger partial charge in [0.15, 0.2) is 0 Å². The molecule has 0 fully saturated rings. The highest BCUT2D eigenvalue weighted by Crippen LogP contribution is 2.39. The third kappa shape index (κ3) is 1.90. The third-order valence-corrected chi connectivity index (χ3v) is 4.60. The van der Waals surface area contributed by atoms with Crippen molar-refractivity contribution >= 4 is 11.3 Å². The van der Waals surface area contributed by atoms with Gasteiger partial charge in [-0.1, -0.05) is 29.8 Å². The first-order valence-electron chi connectivity index (χ1n) is 6.04. The SMILES string of the molecule is Cc1ccc(-c2nc3c(s2)CCC3CN)cc1. The minimum atomic E-state index is 0.487. The van der Waals surface area contributed by atoms with E-state index in [2.05, 4.69) is 31.2 Å². The Bertz CT molecular complexity index is 528. The van der Waals surface area contributed by atoms with E-state index in [1.165, 1.54) is 28.1 Å². The maximum absolute atomic E-state index is 5.78. The van der Waals surface area contributed by atoms with Gasteiger partial charge < -0.3 is 5.73 Å². The van der Waals surface area contributed by atoms with Crippen LogP contribution >= 0.6 is 11.3 Å². The van der Waals surface area contributed by atoms with E-state index in [0.29, 0.717) is 5.92 Å². The van der Waals surface area contributed by atoms with Crippen LogP contribution in [0, 0.1) is 6.92 Å². The minimum Gasteiger partial charge on any atom is -0.330 e. The quantitative estimate of drug-likeness (QED) is 0.881. The van der Waals surface area contributed by atoms with Gasteiger partial charge in [-0.15, -0.1) is 11.3 Å². The van der Waals surface area contributed by atoms with Crippen LogP contribution in [0.15, 0.2) is 24.3 Å². The van der Waals surface area contributed by atoms with Gasteiger partial charge in [-0.3, -0.25) is 0 Å². The van der Waals surface area contributed by atoms with Crippen LogP contribution in [0.25, 0.3) is 10.6 Å². The molecule has 88 valence electrons. The van der Waals surface area contributed by atoms with Crippen LogP contribution in [0.1, 0.15) is 28.5 Å². The Morgan fingerprint density at radius 1 is 1.35 bits per heavy atom. The van der Waals surface area contributed by atoms with Crippen molar-refractivity contribution in [3.05, 3.63) is 40.4 Å². The Morgan fingerprint density at radius 2 is 2.12 bits per heavy atom. The average molecular weight is 244 g/mol. The fourth-order valence-corrected chi connectivity index (χ4v) is 3.52. The van der Waals surface area contributed by atoms with Crippen molar-refractivity contribution in [2.75, 3.05) is 6.54 Å². The summed E-state index contributed by atoms with van der Waals surface area (Å²) in [5.41, 5.74) is 9.56. The van der Waals surface area contributed by atoms with E-state index in [0.717, 1.165) is 18.0 Å². The minimum absolute atomic E-state index is 0.487. The highest BCUT2D eigenvalue weighted by Gasteiger charge is 2.26. The molecule has 1 heterocycles. The van der Waals surface area contributed by atoms with Crippen molar-refractivity contribution in [2.24, 2.45) is 5.73 Å². The normalized spacial score (nSPS) is 18.4. The summed E-state index contributed by atoms with van der Waals surface area (Å²) in [6.45, 7) is 2.83. The summed E-state index contributed by atoms with van der Waals surface area (Å²) >= 11 is 1.83. The van der Waals surface area contributed by atoms with Gasteiger partial charge in [-0.05, 0) is 19.8 Å². The van der Waals surface area contributed by atoms with Crippen molar-refractivity contribution in [2.45, 2.75) is 25.7 Å². The molecular formula is C14H16N2S. The van der Waals surface area contributed by atoms with E-state index < -0.39 is 0 Å². The lowest BCUT2D eigenvalue weighted by Gasteiger charge is -2.03. The molecule has 1 aliphatic rings. The molecule has 17 heavy (non-hydrogen) atoms. The highest BCUT2D eigenvalue weighted by molar-refractivity contribution is 7.15. The van der Waals surface area contributed by atoms with E-state index in [1.54, 1.807) is 0 Å². The van der Waals surface area contributed by atoms with Gasteiger partial charge in [0.05, 0.1) is 5.69 Å². The van der Waals surface area contributed by atoms with E-state index in [1.807, 2.05) is 11.3 Å². The Kier molecular flexibility index (Phi) is 2.73. The average Bonchev–Trinajstić information content (AvgIpc) is 2.89. The van der Waals surface area contributed by atoms with E-state index in [-0.39, 0.29) is 0 Å². The summed E-state index contributed by atoms with van der Waals surface area (Å²) in [7, 11) is 0. The first-order chi connectivity index (χ1) is 8.28. The molecule has 0 aliphatic heterocycles. The molecule has 1 aromatic carbocycles. The fourth-order valence-electron chi connectivity index (χ4n) is 2.35. The van der Waals surface area contributed by atoms with Crippen LogP contribution in [0.4, 0.5) is 0 Å². The number of hydrogen-bond acceptors (Lipinski definition) is 3. The zero-order valence-corrected chi connectivity index (χ0v) is 10.8. The van der Waals surface area contributed by atoms with Crippen LogP contribution in [0.5, 0.6) is 0 Å². The molecule has 1 aromatic heterocycles. The largest absolute Gasteiger partial charge is 0.330 e. The maximum Gasteiger partial charge on any atom is 0.123 e. The number of aromatic nitrogens is 1. The van der Waals surface area contributed by atoms with Gasteiger partial charge in [0.2, 0.25) is 0 Å². The molecular weight excluding hydrogens is 228 g/mol. The molecule has 3 heteroatoms. The summed E-state index contributed by atoms with van der Waals surface area (Å²) < 4.78 is 0. The molecule has 0 saturated heterocycles. The topological polar surface area (TPSA) is 38.9 Å². The zero-order chi connectivity index (χ0) is 11.8. The van der Waals surface area contributed by atoms with E-state index in [9.17, 15) is 0 Å². The Morgan fingerprint density at radius 3 is 2.82 bits per heavy atom.